The van der Waals surface area contributed by atoms with Gasteiger partial charge in [0.2, 0.25) is 0 Å². The molecule has 0 bridgehead atoms. The van der Waals surface area contributed by atoms with E-state index in [4.69, 9.17) is 16.3 Å². The number of ether oxygens (including phenoxy) is 1. The lowest BCUT2D eigenvalue weighted by Gasteiger charge is -2.09. The Morgan fingerprint density at radius 2 is 2.19 bits per heavy atom. The molecule has 0 aliphatic rings. The number of esters is 1. The molecule has 1 aromatic rings. The van der Waals surface area contributed by atoms with Crippen LogP contribution in [0.1, 0.15) is 36.8 Å². The van der Waals surface area contributed by atoms with Crippen molar-refractivity contribution in [3.8, 4) is 0 Å². The first-order valence-electron chi connectivity index (χ1n) is 5.23. The van der Waals surface area contributed by atoms with Gasteiger partial charge in [-0.25, -0.2) is 4.79 Å². The van der Waals surface area contributed by atoms with Crippen molar-refractivity contribution < 1.29 is 9.53 Å². The lowest BCUT2D eigenvalue weighted by Crippen LogP contribution is -2.13. The van der Waals surface area contributed by atoms with Crippen LogP contribution in [0.4, 0.5) is 0 Å². The van der Waals surface area contributed by atoms with Crippen LogP contribution < -0.4 is 0 Å². The smallest absolute Gasteiger partial charge is 0.359 e. The highest BCUT2D eigenvalue weighted by Gasteiger charge is 2.16. The van der Waals surface area contributed by atoms with E-state index in [1.165, 1.54) is 0 Å². The van der Waals surface area contributed by atoms with Gasteiger partial charge in [0.05, 0.1) is 6.61 Å². The van der Waals surface area contributed by atoms with Crippen molar-refractivity contribution in [2.24, 2.45) is 5.92 Å². The van der Waals surface area contributed by atoms with E-state index in [2.05, 4.69) is 24.0 Å². The number of halogens is 1. The van der Waals surface area contributed by atoms with Crippen molar-refractivity contribution in [1.82, 2.24) is 10.2 Å². The number of carbonyl (C=O) groups excluding carboxylic acids is 1. The maximum Gasteiger partial charge on any atom is 0.359 e. The highest BCUT2D eigenvalue weighted by Crippen LogP contribution is 2.16. The molecule has 0 saturated heterocycles. The van der Waals surface area contributed by atoms with Crippen molar-refractivity contribution in [1.29, 1.82) is 0 Å². The Kier molecular flexibility index (Phi) is 4.68. The van der Waals surface area contributed by atoms with Gasteiger partial charge in [-0.1, -0.05) is 25.4 Å². The van der Waals surface area contributed by atoms with Crippen LogP contribution in [0, 0.1) is 5.92 Å². The number of rotatable bonds is 4. The molecule has 0 aliphatic heterocycles. The molecule has 0 aliphatic carbocycles. The van der Waals surface area contributed by atoms with E-state index in [1.54, 1.807) is 13.0 Å². The van der Waals surface area contributed by atoms with E-state index < -0.39 is 5.97 Å². The largest absolute Gasteiger partial charge is 0.461 e. The number of carbonyl (C=O) groups is 1. The summed E-state index contributed by atoms with van der Waals surface area (Å²) < 4.78 is 4.91. The molecule has 0 fully saturated rings. The fourth-order valence-corrected chi connectivity index (χ4v) is 1.54. The number of hydrogen-bond donors (Lipinski definition) is 0. The van der Waals surface area contributed by atoms with Crippen LogP contribution in [0.25, 0.3) is 0 Å². The van der Waals surface area contributed by atoms with Crippen molar-refractivity contribution in [2.75, 3.05) is 6.61 Å². The van der Waals surface area contributed by atoms with E-state index in [0.717, 1.165) is 12.0 Å². The molecule has 0 aromatic carbocycles. The number of hydrogen-bond acceptors (Lipinski definition) is 4. The van der Waals surface area contributed by atoms with Crippen molar-refractivity contribution in [3.63, 3.8) is 0 Å². The second kappa shape index (κ2) is 5.80. The summed E-state index contributed by atoms with van der Waals surface area (Å²) in [4.78, 5) is 11.6. The summed E-state index contributed by atoms with van der Waals surface area (Å²) in [6, 6.07) is 1.67. The summed E-state index contributed by atoms with van der Waals surface area (Å²) in [7, 11) is 0. The van der Waals surface area contributed by atoms with Gasteiger partial charge in [0, 0.05) is 0 Å². The second-order valence-electron chi connectivity index (χ2n) is 3.86. The molecular formula is C11H15ClN2O2. The van der Waals surface area contributed by atoms with Gasteiger partial charge in [-0.3, -0.25) is 0 Å². The fraction of sp³-hybridized carbons (Fsp3) is 0.545. The first-order valence-corrected chi connectivity index (χ1v) is 5.61. The monoisotopic (exact) mass is 242 g/mol. The Bertz CT molecular complexity index is 380. The zero-order valence-electron chi connectivity index (χ0n) is 9.66. The van der Waals surface area contributed by atoms with Crippen LogP contribution in [0.15, 0.2) is 6.07 Å². The van der Waals surface area contributed by atoms with Crippen LogP contribution in [0.3, 0.4) is 0 Å². The third kappa shape index (κ3) is 3.45. The van der Waals surface area contributed by atoms with Gasteiger partial charge in [-0.15, -0.1) is 10.2 Å². The highest BCUT2D eigenvalue weighted by molar-refractivity contribution is 6.29. The van der Waals surface area contributed by atoms with Gasteiger partial charge < -0.3 is 4.74 Å². The van der Waals surface area contributed by atoms with Gasteiger partial charge in [-0.2, -0.15) is 0 Å². The quantitative estimate of drug-likeness (QED) is 0.762. The zero-order valence-corrected chi connectivity index (χ0v) is 10.4. The SMILES string of the molecule is CCOC(=O)c1nnc(Cl)cc1CC(C)C. The summed E-state index contributed by atoms with van der Waals surface area (Å²) in [6.07, 6.45) is 0.726. The van der Waals surface area contributed by atoms with Crippen molar-refractivity contribution in [2.45, 2.75) is 27.2 Å². The Morgan fingerprint density at radius 3 is 2.75 bits per heavy atom. The molecule has 0 spiro atoms. The average Bonchev–Trinajstić information content (AvgIpc) is 2.16. The van der Waals surface area contributed by atoms with E-state index >= 15 is 0 Å². The van der Waals surface area contributed by atoms with Gasteiger partial charge in [0.1, 0.15) is 0 Å². The average molecular weight is 243 g/mol. The molecule has 0 unspecified atom stereocenters. The van der Waals surface area contributed by atoms with E-state index in [9.17, 15) is 4.79 Å². The molecule has 0 radical (unpaired) electrons. The molecule has 0 N–H and O–H groups in total. The fourth-order valence-electron chi connectivity index (χ4n) is 1.37. The lowest BCUT2D eigenvalue weighted by molar-refractivity contribution is 0.0516. The van der Waals surface area contributed by atoms with Crippen molar-refractivity contribution in [3.05, 3.63) is 22.5 Å². The third-order valence-corrected chi connectivity index (χ3v) is 2.12. The molecule has 4 nitrogen and oxygen atoms in total. The summed E-state index contributed by atoms with van der Waals surface area (Å²) >= 11 is 5.76. The lowest BCUT2D eigenvalue weighted by atomic mass is 10.0. The molecule has 88 valence electrons. The van der Waals surface area contributed by atoms with Gasteiger partial charge >= 0.3 is 5.97 Å². The second-order valence-corrected chi connectivity index (χ2v) is 4.25. The van der Waals surface area contributed by atoms with E-state index in [1.807, 2.05) is 0 Å². The molecule has 0 amide bonds. The maximum absolute atomic E-state index is 11.6. The summed E-state index contributed by atoms with van der Waals surface area (Å²) in [5.41, 5.74) is 1.05. The highest BCUT2D eigenvalue weighted by atomic mass is 35.5. The molecule has 0 saturated carbocycles. The van der Waals surface area contributed by atoms with Gasteiger partial charge in [0.15, 0.2) is 10.8 Å². The Balaban J connectivity index is 3.02. The maximum atomic E-state index is 11.6. The van der Waals surface area contributed by atoms with Crippen LogP contribution in [-0.4, -0.2) is 22.8 Å². The van der Waals surface area contributed by atoms with Gasteiger partial charge in [0.25, 0.3) is 0 Å². The van der Waals surface area contributed by atoms with Crippen LogP contribution in [0.5, 0.6) is 0 Å². The van der Waals surface area contributed by atoms with Crippen molar-refractivity contribution >= 4 is 17.6 Å². The first kappa shape index (κ1) is 12.9. The van der Waals surface area contributed by atoms with E-state index in [-0.39, 0.29) is 5.69 Å². The third-order valence-electron chi connectivity index (χ3n) is 1.94. The summed E-state index contributed by atoms with van der Waals surface area (Å²) in [6.45, 7) is 6.19. The number of nitrogens with zero attached hydrogens (tertiary/aromatic N) is 2. The van der Waals surface area contributed by atoms with E-state index in [0.29, 0.717) is 17.7 Å². The van der Waals surface area contributed by atoms with Crippen LogP contribution >= 0.6 is 11.6 Å². The summed E-state index contributed by atoms with van der Waals surface area (Å²) in [5.74, 6) is -0.0317. The minimum Gasteiger partial charge on any atom is -0.461 e. The molecule has 0 atom stereocenters. The topological polar surface area (TPSA) is 52.1 Å². The molecule has 1 heterocycles. The molecule has 1 rings (SSSR count). The normalized spacial score (nSPS) is 10.6. The Hall–Kier alpha value is -1.16. The minimum atomic E-state index is -0.442. The van der Waals surface area contributed by atoms with Crippen LogP contribution in [0.2, 0.25) is 5.15 Å². The molecule has 5 heteroatoms. The zero-order chi connectivity index (χ0) is 12.1. The predicted octanol–water partition coefficient (Wildman–Crippen LogP) is 2.51. The molecule has 16 heavy (non-hydrogen) atoms. The Labute approximate surface area is 100.0 Å². The van der Waals surface area contributed by atoms with Gasteiger partial charge in [-0.05, 0) is 30.9 Å². The standard InChI is InChI=1S/C11H15ClN2O2/c1-4-16-11(15)10-8(5-7(2)3)6-9(12)13-14-10/h6-7H,4-5H2,1-3H3. The first-order chi connectivity index (χ1) is 7.54. The Morgan fingerprint density at radius 1 is 1.50 bits per heavy atom. The number of aromatic nitrogens is 2. The predicted molar refractivity (Wildman–Crippen MR) is 61.5 cm³/mol. The minimum absolute atomic E-state index is 0.264. The summed E-state index contributed by atoms with van der Waals surface area (Å²) in [5, 5.41) is 7.75. The molecule has 1 aromatic heterocycles. The molecular weight excluding hydrogens is 228 g/mol. The van der Waals surface area contributed by atoms with Crippen LogP contribution in [-0.2, 0) is 11.2 Å².